The number of aromatic nitrogens is 7. The summed E-state index contributed by atoms with van der Waals surface area (Å²) in [5, 5.41) is 84.5. The minimum atomic E-state index is -1.51. The van der Waals surface area contributed by atoms with Gasteiger partial charge in [-0.1, -0.05) is 11.3 Å². The number of nitrogens with zero attached hydrogens (tertiary/aromatic N) is 7. The maximum Gasteiger partial charge on any atom is 0.407 e. The molecule has 1 spiro atoms. The molecule has 468 valence electrons. The number of nitrogen functional groups attached to an aromatic ring is 1. The van der Waals surface area contributed by atoms with Gasteiger partial charge in [0.2, 0.25) is 17.7 Å². The van der Waals surface area contributed by atoms with E-state index in [0.29, 0.717) is 39.5 Å². The van der Waals surface area contributed by atoms with Gasteiger partial charge in [0.1, 0.15) is 40.9 Å². The summed E-state index contributed by atoms with van der Waals surface area (Å²) in [5.74, 6) is -8.56. The van der Waals surface area contributed by atoms with E-state index in [1.807, 2.05) is 0 Å². The largest absolute Gasteiger partial charge is 0.508 e. The number of aromatic hydroxyl groups is 3. The summed E-state index contributed by atoms with van der Waals surface area (Å²) < 4.78 is 18.8. The highest BCUT2D eigenvalue weighted by Crippen LogP contribution is 2.57. The number of alkyl carbamates (subject to hydrolysis) is 1. The van der Waals surface area contributed by atoms with Gasteiger partial charge in [0, 0.05) is 97.3 Å². The van der Waals surface area contributed by atoms with Crippen LogP contribution in [0.4, 0.5) is 22.1 Å². The number of fused-ring (bicyclic) bond motifs is 7. The van der Waals surface area contributed by atoms with Crippen LogP contribution in [-0.4, -0.2) is 150 Å². The van der Waals surface area contributed by atoms with Crippen molar-refractivity contribution in [2.75, 3.05) is 36.1 Å². The van der Waals surface area contributed by atoms with Gasteiger partial charge in [-0.05, 0) is 98.6 Å². The van der Waals surface area contributed by atoms with Gasteiger partial charge < -0.3 is 82.5 Å². The maximum atomic E-state index is 13.5. The molecule has 2 aliphatic heterocycles. The SMILES string of the molecule is Nc1nc(O)c2nc(CNc3ccc(C(=O)N[C@@H](CCC(=O)C[C@@H](CCC(=O)N[C@@H](CCCn4cc(CCOC(=O)NCCNC(=S)Nc5ccc6c(c5)C(=O)OC65c6ccc(O)cc6Oc6cc(O)ccc65)nn4)C(=O)O)C(=O)O)C(=O)O)cc3)cnc2n1. The number of carbonyl (C=O) groups excluding carboxylic acids is 5. The predicted molar refractivity (Wildman–Crippen MR) is 317 cm³/mol. The molecule has 0 aliphatic carbocycles. The minimum absolute atomic E-state index is 0.0431. The third-order valence-electron chi connectivity index (χ3n) is 14.3. The Morgan fingerprint density at radius 1 is 0.744 bits per heavy atom. The molecule has 90 heavy (non-hydrogen) atoms. The average molecular weight is 1260 g/mol. The third-order valence-corrected chi connectivity index (χ3v) is 14.6. The van der Waals surface area contributed by atoms with E-state index in [1.54, 1.807) is 48.7 Å². The van der Waals surface area contributed by atoms with E-state index in [4.69, 9.17) is 32.2 Å². The summed E-state index contributed by atoms with van der Waals surface area (Å²) in [4.78, 5) is 117. The second-order valence-corrected chi connectivity index (χ2v) is 21.1. The highest BCUT2D eigenvalue weighted by molar-refractivity contribution is 7.80. The van der Waals surface area contributed by atoms with Crippen molar-refractivity contribution in [1.82, 2.24) is 56.2 Å². The number of aliphatic carboxylic acids is 3. The Labute approximate surface area is 514 Å². The van der Waals surface area contributed by atoms with Crippen molar-refractivity contribution < 1.29 is 83.2 Å². The normalized spacial score (nSPS) is 13.4. The monoisotopic (exact) mass is 1250 g/mol. The molecular formula is C58H58N14O17S. The number of thiocarbonyl (C=S) groups is 1. The molecule has 4 aromatic carbocycles. The number of amides is 3. The summed E-state index contributed by atoms with van der Waals surface area (Å²) in [5.41, 5.74) is 7.98. The van der Waals surface area contributed by atoms with E-state index >= 15 is 0 Å². The molecule has 0 saturated carbocycles. The quantitative estimate of drug-likeness (QED) is 0.0189. The van der Waals surface area contributed by atoms with Crippen LogP contribution >= 0.6 is 12.2 Å². The van der Waals surface area contributed by atoms with Gasteiger partial charge in [-0.2, -0.15) is 9.97 Å². The number of phenols is 2. The number of carboxylic acid groups (broad SMARTS) is 3. The number of phenolic OH excluding ortho intramolecular Hbond substituents is 2. The fourth-order valence-corrected chi connectivity index (χ4v) is 10.1. The molecule has 31 nitrogen and oxygen atoms in total. The number of ether oxygens (including phenoxy) is 3. The molecule has 9 rings (SSSR count). The topological polar surface area (TPSA) is 466 Å². The van der Waals surface area contributed by atoms with Crippen molar-refractivity contribution in [1.29, 1.82) is 0 Å². The lowest BCUT2D eigenvalue weighted by molar-refractivity contribution is -0.145. The summed E-state index contributed by atoms with van der Waals surface area (Å²) in [7, 11) is 0. The first-order chi connectivity index (χ1) is 43.1. The van der Waals surface area contributed by atoms with Crippen LogP contribution in [0.15, 0.2) is 91.3 Å². The molecule has 0 saturated heterocycles. The molecule has 32 heteroatoms. The van der Waals surface area contributed by atoms with E-state index < -0.39 is 96.3 Å². The molecule has 0 bridgehead atoms. The van der Waals surface area contributed by atoms with Gasteiger partial charge >= 0.3 is 30.0 Å². The number of aryl methyl sites for hydroxylation is 1. The first-order valence-electron chi connectivity index (χ1n) is 27.8. The van der Waals surface area contributed by atoms with Crippen molar-refractivity contribution >= 4 is 93.4 Å². The number of nitrogens with one attached hydrogen (secondary N) is 6. The zero-order chi connectivity index (χ0) is 64.2. The molecule has 14 N–H and O–H groups in total. The number of carbonyl (C=O) groups is 8. The van der Waals surface area contributed by atoms with Crippen LogP contribution in [0.5, 0.6) is 28.9 Å². The lowest BCUT2D eigenvalue weighted by Crippen LogP contribution is -2.41. The predicted octanol–water partition coefficient (Wildman–Crippen LogP) is 3.60. The number of hydrogen-bond donors (Lipinski definition) is 13. The van der Waals surface area contributed by atoms with Gasteiger partial charge in [-0.25, -0.2) is 29.1 Å². The molecule has 3 aromatic heterocycles. The van der Waals surface area contributed by atoms with Crippen molar-refractivity contribution in [2.24, 2.45) is 5.92 Å². The number of rotatable bonds is 28. The molecule has 3 atom stereocenters. The average Bonchev–Trinajstić information content (AvgIpc) is 1.47. The Bertz CT molecular complexity index is 3890. The Morgan fingerprint density at radius 2 is 1.42 bits per heavy atom. The minimum Gasteiger partial charge on any atom is -0.508 e. The van der Waals surface area contributed by atoms with Crippen LogP contribution in [0.2, 0.25) is 0 Å². The molecule has 3 amide bonds. The number of ketones is 1. The van der Waals surface area contributed by atoms with Gasteiger partial charge in [0.15, 0.2) is 21.9 Å². The Kier molecular flexibility index (Phi) is 19.7. The van der Waals surface area contributed by atoms with Gasteiger partial charge in [-0.3, -0.25) is 23.9 Å². The van der Waals surface area contributed by atoms with Crippen molar-refractivity contribution in [2.45, 2.75) is 82.1 Å². The van der Waals surface area contributed by atoms with E-state index in [-0.39, 0.29) is 121 Å². The van der Waals surface area contributed by atoms with E-state index in [9.17, 15) is 69.0 Å². The first-order valence-corrected chi connectivity index (χ1v) is 28.2. The molecule has 0 fully saturated rings. The maximum absolute atomic E-state index is 13.5. The molecule has 0 radical (unpaired) electrons. The highest BCUT2D eigenvalue weighted by atomic mass is 32.1. The summed E-state index contributed by atoms with van der Waals surface area (Å²) in [6.07, 6.45) is 0.548. The van der Waals surface area contributed by atoms with Gasteiger partial charge in [-0.15, -0.1) is 5.10 Å². The molecular weight excluding hydrogens is 1200 g/mol. The fraction of sp³-hybridized carbons (Fsp3) is 0.293. The standard InChI is InChI=1S/C58H58N14O17S/c59-55-68-48-47(50(78)69-55)64-34(27-63-48)26-62-31-6-3-29(4-7-31)49(77)67-43(53(83)84)15-11-35(73)22-30(51(79)80)5-16-46(76)66-42(52(81)82)2-1-20-72-28-33(70-71-72)17-21-87-57(86)61-19-18-60-56(90)65-32-8-12-39-38(23-32)54(85)89-58(39)40-13-9-36(74)24-44(40)88-45-25-37(75)10-14-41(45)58/h3-4,6-10,12-14,23-25,27-28,30,42-43,62,74-75H,1-2,5,11,15-22,26H2,(H,61,86)(H,66,76)(H,67,77)(H,79,80)(H,81,82)(H,83,84)(H2,60,65,90)(H3,59,63,68,69,78)/t30-,42+,43+/m1/s1. The highest BCUT2D eigenvalue weighted by Gasteiger charge is 2.54. The fourth-order valence-electron chi connectivity index (χ4n) is 9.90. The van der Waals surface area contributed by atoms with Crippen molar-refractivity contribution in [3.63, 3.8) is 0 Å². The first kappa shape index (κ1) is 63.2. The number of Topliss-reactive ketones (excluding diaryl/α,β-unsaturated/α-hetero) is 1. The second kappa shape index (κ2) is 28.0. The van der Waals surface area contributed by atoms with E-state index in [0.717, 1.165) is 0 Å². The van der Waals surface area contributed by atoms with Gasteiger partial charge in [0.25, 0.3) is 5.91 Å². The number of anilines is 3. The van der Waals surface area contributed by atoms with Crippen LogP contribution < -0.4 is 42.4 Å². The Hall–Kier alpha value is -11.3. The smallest absolute Gasteiger partial charge is 0.407 e. The van der Waals surface area contributed by atoms with E-state index in [1.165, 1.54) is 47.3 Å². The number of hydrogen-bond acceptors (Lipinski definition) is 23. The zero-order valence-corrected chi connectivity index (χ0v) is 48.2. The summed E-state index contributed by atoms with van der Waals surface area (Å²) >= 11 is 5.44. The summed E-state index contributed by atoms with van der Waals surface area (Å²) in [6, 6.07) is 17.0. The van der Waals surface area contributed by atoms with E-state index in [2.05, 4.69) is 62.1 Å². The summed E-state index contributed by atoms with van der Waals surface area (Å²) in [6.45, 7) is 0.606. The Morgan fingerprint density at radius 3 is 2.12 bits per heavy atom. The molecule has 7 aromatic rings. The van der Waals surface area contributed by atoms with Crippen LogP contribution in [0.1, 0.15) is 93.7 Å². The van der Waals surface area contributed by atoms with Crippen LogP contribution in [0, 0.1) is 5.92 Å². The second-order valence-electron chi connectivity index (χ2n) is 20.7. The number of nitrogens with two attached hydrogens (primary N) is 1. The van der Waals surface area contributed by atoms with Crippen LogP contribution in [0.25, 0.3) is 11.2 Å². The third kappa shape index (κ3) is 15.4. The molecule has 5 heterocycles. The van der Waals surface area contributed by atoms with Crippen molar-refractivity contribution in [3.05, 3.63) is 130 Å². The lowest BCUT2D eigenvalue weighted by atomic mass is 9.77. The Balaban J connectivity index is 0.634. The zero-order valence-electron chi connectivity index (χ0n) is 47.4. The molecule has 2 aliphatic rings. The van der Waals surface area contributed by atoms with Gasteiger partial charge in [0.05, 0.1) is 42.2 Å². The number of esters is 1. The van der Waals surface area contributed by atoms with Crippen LogP contribution in [0.3, 0.4) is 0 Å². The molecule has 0 unspecified atom stereocenters. The number of carboxylic acids is 3. The van der Waals surface area contributed by atoms with Crippen molar-refractivity contribution in [3.8, 4) is 28.9 Å². The number of benzene rings is 4. The van der Waals surface area contributed by atoms with Crippen LogP contribution in [-0.2, 0) is 58.6 Å². The lowest BCUT2D eigenvalue weighted by Gasteiger charge is -2.36.